The van der Waals surface area contributed by atoms with Crippen molar-refractivity contribution in [2.45, 2.75) is 18.2 Å². The highest BCUT2D eigenvalue weighted by Crippen LogP contribution is 2.18. The molecule has 2 aromatic carbocycles. The van der Waals surface area contributed by atoms with Crippen LogP contribution in [0.5, 0.6) is 0 Å². The van der Waals surface area contributed by atoms with Gasteiger partial charge in [0, 0.05) is 5.69 Å². The van der Waals surface area contributed by atoms with Crippen LogP contribution in [0, 0.1) is 0 Å². The van der Waals surface area contributed by atoms with Crippen molar-refractivity contribution in [1.29, 1.82) is 0 Å². The van der Waals surface area contributed by atoms with Crippen LogP contribution in [0.15, 0.2) is 53.4 Å². The predicted octanol–water partition coefficient (Wildman–Crippen LogP) is 2.84. The highest BCUT2D eigenvalue weighted by atomic mass is 32.2. The van der Waals surface area contributed by atoms with Gasteiger partial charge in [-0.15, -0.1) is 0 Å². The number of rotatable bonds is 5. The largest absolute Gasteiger partial charge is 0.465 e. The molecular weight excluding hydrogens is 302 g/mol. The molecular formula is C16H17NO4S. The number of benzene rings is 2. The molecule has 0 aromatic heterocycles. The van der Waals surface area contributed by atoms with E-state index in [1.165, 1.54) is 31.4 Å². The first-order valence-corrected chi connectivity index (χ1v) is 8.24. The van der Waals surface area contributed by atoms with Gasteiger partial charge < -0.3 is 4.74 Å². The summed E-state index contributed by atoms with van der Waals surface area (Å²) in [7, 11) is -2.42. The van der Waals surface area contributed by atoms with Gasteiger partial charge in [-0.2, -0.15) is 0 Å². The third-order valence-electron chi connectivity index (χ3n) is 3.17. The summed E-state index contributed by atoms with van der Waals surface area (Å²) >= 11 is 0. The molecule has 0 fully saturated rings. The smallest absolute Gasteiger partial charge is 0.337 e. The number of hydrogen-bond donors (Lipinski definition) is 1. The topological polar surface area (TPSA) is 72.5 Å². The van der Waals surface area contributed by atoms with Crippen molar-refractivity contribution in [3.63, 3.8) is 0 Å². The van der Waals surface area contributed by atoms with E-state index in [0.717, 1.165) is 12.0 Å². The summed E-state index contributed by atoms with van der Waals surface area (Å²) < 4.78 is 31.8. The Kier molecular flexibility index (Phi) is 4.82. The lowest BCUT2D eigenvalue weighted by Gasteiger charge is -2.09. The Morgan fingerprint density at radius 3 is 2.41 bits per heavy atom. The zero-order chi connectivity index (χ0) is 16.2. The quantitative estimate of drug-likeness (QED) is 0.860. The van der Waals surface area contributed by atoms with Crippen molar-refractivity contribution in [3.05, 3.63) is 59.7 Å². The summed E-state index contributed by atoms with van der Waals surface area (Å²) in [6.45, 7) is 2.00. The van der Waals surface area contributed by atoms with Gasteiger partial charge in [0.05, 0.1) is 17.6 Å². The fourth-order valence-electron chi connectivity index (χ4n) is 1.96. The zero-order valence-electron chi connectivity index (χ0n) is 12.4. The van der Waals surface area contributed by atoms with E-state index in [1.807, 2.05) is 13.0 Å². The van der Waals surface area contributed by atoms with Crippen LogP contribution in [-0.4, -0.2) is 21.5 Å². The maximum Gasteiger partial charge on any atom is 0.337 e. The molecule has 2 aromatic rings. The van der Waals surface area contributed by atoms with E-state index in [9.17, 15) is 13.2 Å². The zero-order valence-corrected chi connectivity index (χ0v) is 13.2. The fourth-order valence-corrected chi connectivity index (χ4v) is 3.01. The van der Waals surface area contributed by atoms with Gasteiger partial charge in [0.1, 0.15) is 0 Å². The Balaban J connectivity index is 2.24. The minimum absolute atomic E-state index is 0.0852. The first-order chi connectivity index (χ1) is 10.5. The number of methoxy groups -OCH3 is 1. The second-order valence-electron chi connectivity index (χ2n) is 4.68. The maximum atomic E-state index is 12.3. The van der Waals surface area contributed by atoms with E-state index < -0.39 is 16.0 Å². The average molecular weight is 319 g/mol. The highest BCUT2D eigenvalue weighted by molar-refractivity contribution is 7.92. The number of carbonyl (C=O) groups is 1. The van der Waals surface area contributed by atoms with Crippen molar-refractivity contribution >= 4 is 21.7 Å². The van der Waals surface area contributed by atoms with Crippen LogP contribution in [0.25, 0.3) is 0 Å². The third kappa shape index (κ3) is 3.65. The van der Waals surface area contributed by atoms with E-state index in [2.05, 4.69) is 9.46 Å². The van der Waals surface area contributed by atoms with Gasteiger partial charge in [0.15, 0.2) is 0 Å². The standard InChI is InChI=1S/C16H17NO4S/c1-3-12-5-4-6-14(11-12)17-22(19,20)15-9-7-13(8-10-15)16(18)21-2/h4-11,17H,3H2,1-2H3. The number of anilines is 1. The monoisotopic (exact) mass is 319 g/mol. The molecule has 0 spiro atoms. The summed E-state index contributed by atoms with van der Waals surface area (Å²) in [5.74, 6) is -0.507. The van der Waals surface area contributed by atoms with Crippen LogP contribution in [0.2, 0.25) is 0 Å². The van der Waals surface area contributed by atoms with Gasteiger partial charge in [-0.3, -0.25) is 4.72 Å². The molecule has 0 heterocycles. The van der Waals surface area contributed by atoms with Gasteiger partial charge in [-0.25, -0.2) is 13.2 Å². The van der Waals surface area contributed by atoms with Crippen LogP contribution in [0.4, 0.5) is 5.69 Å². The molecule has 0 saturated heterocycles. The average Bonchev–Trinajstić information content (AvgIpc) is 2.54. The van der Waals surface area contributed by atoms with Gasteiger partial charge >= 0.3 is 5.97 Å². The van der Waals surface area contributed by atoms with Crippen molar-refractivity contribution in [3.8, 4) is 0 Å². The molecule has 0 aliphatic rings. The summed E-state index contributed by atoms with van der Waals surface area (Å²) in [6.07, 6.45) is 0.823. The van der Waals surface area contributed by atoms with E-state index in [0.29, 0.717) is 11.3 Å². The third-order valence-corrected chi connectivity index (χ3v) is 4.57. The molecule has 0 saturated carbocycles. The van der Waals surface area contributed by atoms with Crippen molar-refractivity contribution < 1.29 is 17.9 Å². The van der Waals surface area contributed by atoms with E-state index >= 15 is 0 Å². The molecule has 0 aliphatic heterocycles. The van der Waals surface area contributed by atoms with Crippen LogP contribution in [0.3, 0.4) is 0 Å². The molecule has 0 bridgehead atoms. The fraction of sp³-hybridized carbons (Fsp3) is 0.188. The first kappa shape index (κ1) is 16.0. The molecule has 22 heavy (non-hydrogen) atoms. The molecule has 1 N–H and O–H groups in total. The van der Waals surface area contributed by atoms with Crippen molar-refractivity contribution in [2.75, 3.05) is 11.8 Å². The summed E-state index contributed by atoms with van der Waals surface area (Å²) in [6, 6.07) is 12.8. The molecule has 6 heteroatoms. The Bertz CT molecular complexity index is 767. The molecule has 0 atom stereocenters. The highest BCUT2D eigenvalue weighted by Gasteiger charge is 2.15. The Labute approximate surface area is 130 Å². The molecule has 116 valence electrons. The number of esters is 1. The number of carbonyl (C=O) groups excluding carboxylic acids is 1. The molecule has 0 unspecified atom stereocenters. The summed E-state index contributed by atoms with van der Waals surface area (Å²) in [5.41, 5.74) is 1.85. The van der Waals surface area contributed by atoms with Crippen LogP contribution in [-0.2, 0) is 21.2 Å². The summed E-state index contributed by atoms with van der Waals surface area (Å²) in [5, 5.41) is 0. The minimum atomic E-state index is -3.69. The lowest BCUT2D eigenvalue weighted by atomic mass is 10.1. The number of hydrogen-bond acceptors (Lipinski definition) is 4. The molecule has 2 rings (SSSR count). The number of aryl methyl sites for hydroxylation is 1. The van der Waals surface area contributed by atoms with E-state index in [1.54, 1.807) is 18.2 Å². The molecule has 0 amide bonds. The molecule has 0 radical (unpaired) electrons. The van der Waals surface area contributed by atoms with E-state index in [-0.39, 0.29) is 4.90 Å². The Hall–Kier alpha value is -2.34. The lowest BCUT2D eigenvalue weighted by Crippen LogP contribution is -2.13. The van der Waals surface area contributed by atoms with Gasteiger partial charge in [-0.05, 0) is 48.4 Å². The Morgan fingerprint density at radius 1 is 1.14 bits per heavy atom. The van der Waals surface area contributed by atoms with Gasteiger partial charge in [-0.1, -0.05) is 19.1 Å². The van der Waals surface area contributed by atoms with Crippen LogP contribution < -0.4 is 4.72 Å². The maximum absolute atomic E-state index is 12.3. The number of ether oxygens (including phenoxy) is 1. The number of nitrogens with one attached hydrogen (secondary N) is 1. The number of sulfonamides is 1. The SMILES string of the molecule is CCc1cccc(NS(=O)(=O)c2ccc(C(=O)OC)cc2)c1. The second kappa shape index (κ2) is 6.62. The summed E-state index contributed by atoms with van der Waals surface area (Å²) in [4.78, 5) is 11.4. The van der Waals surface area contributed by atoms with Crippen LogP contribution in [0.1, 0.15) is 22.8 Å². The van der Waals surface area contributed by atoms with Crippen LogP contribution >= 0.6 is 0 Å². The first-order valence-electron chi connectivity index (χ1n) is 6.76. The predicted molar refractivity (Wildman–Crippen MR) is 84.4 cm³/mol. The van der Waals surface area contributed by atoms with Gasteiger partial charge in [0.2, 0.25) is 0 Å². The minimum Gasteiger partial charge on any atom is -0.465 e. The molecule has 0 aliphatic carbocycles. The van der Waals surface area contributed by atoms with Crippen molar-refractivity contribution in [1.82, 2.24) is 0 Å². The van der Waals surface area contributed by atoms with Crippen molar-refractivity contribution in [2.24, 2.45) is 0 Å². The lowest BCUT2D eigenvalue weighted by molar-refractivity contribution is 0.0600. The molecule has 5 nitrogen and oxygen atoms in total. The Morgan fingerprint density at radius 2 is 1.82 bits per heavy atom. The van der Waals surface area contributed by atoms with E-state index in [4.69, 9.17) is 0 Å². The second-order valence-corrected chi connectivity index (χ2v) is 6.36. The van der Waals surface area contributed by atoms with Gasteiger partial charge in [0.25, 0.3) is 10.0 Å². The normalized spacial score (nSPS) is 11.0.